The summed E-state index contributed by atoms with van der Waals surface area (Å²) in [6.45, 7) is 1.76. The lowest BCUT2D eigenvalue weighted by atomic mass is 10.4. The van der Waals surface area contributed by atoms with Crippen LogP contribution in [0.3, 0.4) is 0 Å². The lowest BCUT2D eigenvalue weighted by Crippen LogP contribution is -1.87. The largest absolute Gasteiger partial charge is 0.233 e. The Morgan fingerprint density at radius 2 is 2.12 bits per heavy atom. The van der Waals surface area contributed by atoms with Crippen LogP contribution in [0.4, 0.5) is 4.39 Å². The molecule has 1 aromatic rings. The molecule has 0 fully saturated rings. The van der Waals surface area contributed by atoms with Crippen molar-refractivity contribution in [1.82, 2.24) is 10.2 Å². The third-order valence-electron chi connectivity index (χ3n) is 0.765. The first-order chi connectivity index (χ1) is 3.79. The molecule has 0 aromatic carbocycles. The standard InChI is InChI=1S/C5H5FN2/c1-4-2-3-5(6)8-7-4/h2-3H,1H3. The first kappa shape index (κ1) is 5.15. The van der Waals surface area contributed by atoms with Crippen LogP contribution in [0.2, 0.25) is 0 Å². The summed E-state index contributed by atoms with van der Waals surface area (Å²) < 4.78 is 11.9. The lowest BCUT2D eigenvalue weighted by Gasteiger charge is -1.84. The minimum absolute atomic E-state index is 0.532. The highest BCUT2D eigenvalue weighted by molar-refractivity contribution is 4.96. The number of aromatic nitrogens is 2. The van der Waals surface area contributed by atoms with Crippen LogP contribution in [-0.2, 0) is 0 Å². The quantitative estimate of drug-likeness (QED) is 0.498. The van der Waals surface area contributed by atoms with E-state index >= 15 is 0 Å². The molecule has 0 saturated heterocycles. The van der Waals surface area contributed by atoms with Crippen molar-refractivity contribution >= 4 is 0 Å². The van der Waals surface area contributed by atoms with Gasteiger partial charge >= 0.3 is 0 Å². The van der Waals surface area contributed by atoms with Crippen molar-refractivity contribution < 1.29 is 4.39 Å². The second-order valence-electron chi connectivity index (χ2n) is 1.50. The molecule has 0 saturated carbocycles. The van der Waals surface area contributed by atoms with Crippen LogP contribution in [0.5, 0.6) is 0 Å². The molecule has 2 nitrogen and oxygen atoms in total. The zero-order chi connectivity index (χ0) is 5.98. The van der Waals surface area contributed by atoms with Crippen LogP contribution < -0.4 is 0 Å². The molecule has 1 aromatic heterocycles. The van der Waals surface area contributed by atoms with E-state index in [1.165, 1.54) is 6.07 Å². The predicted octanol–water partition coefficient (Wildman–Crippen LogP) is 0.924. The van der Waals surface area contributed by atoms with Crippen molar-refractivity contribution in [2.24, 2.45) is 0 Å². The number of hydrogen-bond acceptors (Lipinski definition) is 2. The molecule has 0 atom stereocenters. The van der Waals surface area contributed by atoms with Gasteiger partial charge in [-0.05, 0) is 19.1 Å². The lowest BCUT2D eigenvalue weighted by molar-refractivity contribution is 0.560. The summed E-state index contributed by atoms with van der Waals surface area (Å²) in [5.41, 5.74) is 0.728. The van der Waals surface area contributed by atoms with Gasteiger partial charge in [-0.2, -0.15) is 9.49 Å². The van der Waals surface area contributed by atoms with E-state index < -0.39 is 5.95 Å². The molecule has 42 valence electrons. The third kappa shape index (κ3) is 0.992. The summed E-state index contributed by atoms with van der Waals surface area (Å²) in [6, 6.07) is 2.85. The Balaban J connectivity index is 3.03. The number of hydrogen-bond donors (Lipinski definition) is 0. The van der Waals surface area contributed by atoms with Crippen molar-refractivity contribution in [3.05, 3.63) is 23.8 Å². The van der Waals surface area contributed by atoms with Gasteiger partial charge in [0.25, 0.3) is 0 Å². The van der Waals surface area contributed by atoms with E-state index in [2.05, 4.69) is 10.2 Å². The minimum Gasteiger partial charge on any atom is -0.183 e. The fourth-order valence-corrected chi connectivity index (χ4v) is 0.383. The highest BCUT2D eigenvalue weighted by Gasteiger charge is 1.86. The van der Waals surface area contributed by atoms with Gasteiger partial charge in [-0.15, -0.1) is 5.10 Å². The molecule has 0 aliphatic carbocycles. The monoisotopic (exact) mass is 112 g/mol. The van der Waals surface area contributed by atoms with Crippen LogP contribution in [0.25, 0.3) is 0 Å². The summed E-state index contributed by atoms with van der Waals surface area (Å²) in [5.74, 6) is -0.532. The maximum atomic E-state index is 11.9. The molecule has 0 radical (unpaired) electrons. The molecule has 0 amide bonds. The summed E-state index contributed by atoms with van der Waals surface area (Å²) >= 11 is 0. The molecule has 0 bridgehead atoms. The van der Waals surface area contributed by atoms with Gasteiger partial charge in [0.05, 0.1) is 5.69 Å². The summed E-state index contributed by atoms with van der Waals surface area (Å²) in [6.07, 6.45) is 0. The number of halogens is 1. The fraction of sp³-hybridized carbons (Fsp3) is 0.200. The van der Waals surface area contributed by atoms with E-state index in [1.807, 2.05) is 0 Å². The molecule has 0 unspecified atom stereocenters. The van der Waals surface area contributed by atoms with Crippen LogP contribution in [0, 0.1) is 12.9 Å². The van der Waals surface area contributed by atoms with Crippen molar-refractivity contribution in [3.63, 3.8) is 0 Å². The van der Waals surface area contributed by atoms with Gasteiger partial charge in [-0.25, -0.2) is 0 Å². The molecule has 0 aliphatic rings. The topological polar surface area (TPSA) is 25.8 Å². The van der Waals surface area contributed by atoms with Gasteiger partial charge in [0, 0.05) is 0 Å². The van der Waals surface area contributed by atoms with E-state index in [1.54, 1.807) is 13.0 Å². The van der Waals surface area contributed by atoms with E-state index in [9.17, 15) is 4.39 Å². The Morgan fingerprint density at radius 3 is 2.50 bits per heavy atom. The molecular formula is C5H5FN2. The number of aryl methyl sites for hydroxylation is 1. The van der Waals surface area contributed by atoms with Gasteiger partial charge < -0.3 is 0 Å². The van der Waals surface area contributed by atoms with Gasteiger partial charge in [0.15, 0.2) is 0 Å². The number of nitrogens with zero attached hydrogens (tertiary/aromatic N) is 2. The SMILES string of the molecule is Cc1ccc(F)nn1. The molecular weight excluding hydrogens is 107 g/mol. The van der Waals surface area contributed by atoms with E-state index in [0.29, 0.717) is 0 Å². The Labute approximate surface area is 46.4 Å². The molecule has 1 heterocycles. The highest BCUT2D eigenvalue weighted by Crippen LogP contribution is 1.89. The van der Waals surface area contributed by atoms with Crippen molar-refractivity contribution in [1.29, 1.82) is 0 Å². The molecule has 0 aliphatic heterocycles. The molecule has 3 heteroatoms. The van der Waals surface area contributed by atoms with Gasteiger partial charge in [0.1, 0.15) is 0 Å². The molecule has 0 spiro atoms. The normalized spacial score (nSPS) is 9.25. The van der Waals surface area contributed by atoms with E-state index in [4.69, 9.17) is 0 Å². The first-order valence-corrected chi connectivity index (χ1v) is 2.25. The average Bonchev–Trinajstić information content (AvgIpc) is 1.77. The Bertz CT molecular complexity index is 149. The van der Waals surface area contributed by atoms with Crippen molar-refractivity contribution in [2.75, 3.05) is 0 Å². The Morgan fingerprint density at radius 1 is 1.38 bits per heavy atom. The van der Waals surface area contributed by atoms with Gasteiger partial charge in [-0.1, -0.05) is 0 Å². The fourth-order valence-electron chi connectivity index (χ4n) is 0.383. The average molecular weight is 112 g/mol. The molecule has 8 heavy (non-hydrogen) atoms. The van der Waals surface area contributed by atoms with Crippen LogP contribution in [0.15, 0.2) is 12.1 Å². The van der Waals surface area contributed by atoms with E-state index in [0.717, 1.165) is 5.69 Å². The highest BCUT2D eigenvalue weighted by atomic mass is 19.1. The molecule has 0 N–H and O–H groups in total. The first-order valence-electron chi connectivity index (χ1n) is 2.25. The number of rotatable bonds is 0. The van der Waals surface area contributed by atoms with Crippen molar-refractivity contribution in [3.8, 4) is 0 Å². The summed E-state index contributed by atoms with van der Waals surface area (Å²) in [4.78, 5) is 0. The van der Waals surface area contributed by atoms with Crippen LogP contribution >= 0.6 is 0 Å². The zero-order valence-electron chi connectivity index (χ0n) is 4.43. The maximum absolute atomic E-state index is 11.9. The second-order valence-corrected chi connectivity index (χ2v) is 1.50. The van der Waals surface area contributed by atoms with Gasteiger partial charge in [-0.3, -0.25) is 0 Å². The molecule has 1 rings (SSSR count). The summed E-state index contributed by atoms with van der Waals surface area (Å²) in [5, 5.41) is 6.62. The van der Waals surface area contributed by atoms with Crippen LogP contribution in [0.1, 0.15) is 5.69 Å². The Hall–Kier alpha value is -0.990. The Kier molecular flexibility index (Phi) is 1.20. The minimum atomic E-state index is -0.532. The zero-order valence-corrected chi connectivity index (χ0v) is 4.43. The smallest absolute Gasteiger partial charge is 0.183 e. The second kappa shape index (κ2) is 1.86. The van der Waals surface area contributed by atoms with Gasteiger partial charge in [0.2, 0.25) is 5.95 Å². The third-order valence-corrected chi connectivity index (χ3v) is 0.765. The van der Waals surface area contributed by atoms with E-state index in [-0.39, 0.29) is 0 Å². The van der Waals surface area contributed by atoms with Crippen LogP contribution in [-0.4, -0.2) is 10.2 Å². The van der Waals surface area contributed by atoms with Crippen molar-refractivity contribution in [2.45, 2.75) is 6.92 Å². The maximum Gasteiger partial charge on any atom is 0.233 e. The predicted molar refractivity (Wildman–Crippen MR) is 26.7 cm³/mol. The summed E-state index contributed by atoms with van der Waals surface area (Å²) in [7, 11) is 0.